The van der Waals surface area contributed by atoms with Crippen molar-refractivity contribution >= 4 is 0 Å². The molecule has 1 unspecified atom stereocenters. The van der Waals surface area contributed by atoms with E-state index in [0.717, 1.165) is 24.9 Å². The maximum Gasteiger partial charge on any atom is 0.124 e. The molecule has 0 N–H and O–H groups in total. The molecule has 0 aliphatic heterocycles. The topological polar surface area (TPSA) is 36.3 Å². The molecule has 0 spiro atoms. The molecule has 0 radical (unpaired) electrons. The van der Waals surface area contributed by atoms with Gasteiger partial charge >= 0.3 is 0 Å². The molecule has 23 heavy (non-hydrogen) atoms. The third-order valence-corrected chi connectivity index (χ3v) is 4.63. The van der Waals surface area contributed by atoms with Crippen molar-refractivity contribution in [3.8, 4) is 6.07 Å². The fourth-order valence-electron chi connectivity index (χ4n) is 3.47. The molecule has 2 rings (SSSR count). The standard InChI is InChI=1S/C20H28N2O/c1-23-16-10-4-9-15-22(19-13-7-3-8-14-19)20(17-21)18-11-5-2-6-12-18/h2,5-6,10-12,16,19-20H,3-4,7-9,13-15H2,1H3/b16-10+. The van der Waals surface area contributed by atoms with Gasteiger partial charge in [0.2, 0.25) is 0 Å². The third kappa shape index (κ3) is 5.41. The Labute approximate surface area is 140 Å². The van der Waals surface area contributed by atoms with Crippen LogP contribution in [0.2, 0.25) is 0 Å². The first-order valence-electron chi connectivity index (χ1n) is 8.75. The van der Waals surface area contributed by atoms with Crippen LogP contribution in [-0.2, 0) is 4.74 Å². The number of rotatable bonds is 8. The van der Waals surface area contributed by atoms with Crippen LogP contribution in [0.3, 0.4) is 0 Å². The number of ether oxygens (including phenoxy) is 1. The molecule has 0 aromatic heterocycles. The summed E-state index contributed by atoms with van der Waals surface area (Å²) in [5, 5.41) is 9.80. The third-order valence-electron chi connectivity index (χ3n) is 4.63. The van der Waals surface area contributed by atoms with Gasteiger partial charge in [0.05, 0.1) is 19.4 Å². The number of unbranched alkanes of at least 4 members (excludes halogenated alkanes) is 1. The molecule has 1 fully saturated rings. The summed E-state index contributed by atoms with van der Waals surface area (Å²) >= 11 is 0. The highest BCUT2D eigenvalue weighted by Crippen LogP contribution is 2.30. The van der Waals surface area contributed by atoms with Crippen molar-refractivity contribution in [2.75, 3.05) is 13.7 Å². The van der Waals surface area contributed by atoms with Gasteiger partial charge in [-0.05, 0) is 37.3 Å². The highest BCUT2D eigenvalue weighted by atomic mass is 16.5. The van der Waals surface area contributed by atoms with Crippen molar-refractivity contribution in [2.24, 2.45) is 0 Å². The van der Waals surface area contributed by atoms with Crippen LogP contribution >= 0.6 is 0 Å². The van der Waals surface area contributed by atoms with Gasteiger partial charge in [-0.1, -0.05) is 49.6 Å². The van der Waals surface area contributed by atoms with E-state index in [1.165, 1.54) is 32.1 Å². The van der Waals surface area contributed by atoms with E-state index in [2.05, 4.69) is 29.2 Å². The first kappa shape index (κ1) is 17.6. The minimum Gasteiger partial charge on any atom is -0.505 e. The number of benzene rings is 1. The van der Waals surface area contributed by atoms with Crippen LogP contribution in [0.15, 0.2) is 42.7 Å². The number of hydrogen-bond donors (Lipinski definition) is 0. The quantitative estimate of drug-likeness (QED) is 0.510. The fraction of sp³-hybridized carbons (Fsp3) is 0.550. The van der Waals surface area contributed by atoms with Crippen molar-refractivity contribution < 1.29 is 4.74 Å². The second kappa shape index (κ2) is 10.1. The first-order valence-corrected chi connectivity index (χ1v) is 8.75. The number of nitriles is 1. The smallest absolute Gasteiger partial charge is 0.124 e. The Kier molecular flexibility index (Phi) is 7.69. The molecule has 1 aromatic rings. The molecule has 1 aliphatic carbocycles. The number of nitrogens with zero attached hydrogens (tertiary/aromatic N) is 2. The van der Waals surface area contributed by atoms with Gasteiger partial charge in [-0.25, -0.2) is 0 Å². The molecule has 1 aromatic carbocycles. The zero-order chi connectivity index (χ0) is 16.3. The molecule has 0 bridgehead atoms. The van der Waals surface area contributed by atoms with Crippen LogP contribution in [0.1, 0.15) is 56.6 Å². The Bertz CT molecular complexity index is 500. The molecule has 124 valence electrons. The zero-order valence-corrected chi connectivity index (χ0v) is 14.2. The summed E-state index contributed by atoms with van der Waals surface area (Å²) in [6.07, 6.45) is 12.2. The minimum absolute atomic E-state index is 0.134. The van der Waals surface area contributed by atoms with E-state index in [1.54, 1.807) is 13.4 Å². The van der Waals surface area contributed by atoms with E-state index < -0.39 is 0 Å². The summed E-state index contributed by atoms with van der Waals surface area (Å²) < 4.78 is 4.96. The van der Waals surface area contributed by atoms with Crippen molar-refractivity contribution in [3.63, 3.8) is 0 Å². The first-order chi connectivity index (χ1) is 11.4. The van der Waals surface area contributed by atoms with Crippen LogP contribution < -0.4 is 0 Å². The van der Waals surface area contributed by atoms with Gasteiger partial charge in [0.25, 0.3) is 0 Å². The summed E-state index contributed by atoms with van der Waals surface area (Å²) in [7, 11) is 1.67. The largest absolute Gasteiger partial charge is 0.505 e. The molecule has 0 saturated heterocycles. The van der Waals surface area contributed by atoms with Crippen molar-refractivity contribution in [3.05, 3.63) is 48.2 Å². The van der Waals surface area contributed by atoms with Crippen LogP contribution in [-0.4, -0.2) is 24.6 Å². The summed E-state index contributed by atoms with van der Waals surface area (Å²) in [6.45, 7) is 0.964. The van der Waals surface area contributed by atoms with Gasteiger partial charge in [0.15, 0.2) is 0 Å². The Morgan fingerprint density at radius 1 is 1.26 bits per heavy atom. The van der Waals surface area contributed by atoms with Crippen molar-refractivity contribution in [2.45, 2.75) is 57.0 Å². The van der Waals surface area contributed by atoms with E-state index in [-0.39, 0.29) is 6.04 Å². The summed E-state index contributed by atoms with van der Waals surface area (Å²) in [5.41, 5.74) is 1.12. The SMILES string of the molecule is CO/C=C/CCCN(C1CCCCC1)C(C#N)c1ccccc1. The second-order valence-corrected chi connectivity index (χ2v) is 6.22. The lowest BCUT2D eigenvalue weighted by atomic mass is 9.92. The van der Waals surface area contributed by atoms with Gasteiger partial charge in [0, 0.05) is 12.6 Å². The van der Waals surface area contributed by atoms with E-state index in [1.807, 2.05) is 18.2 Å². The van der Waals surface area contributed by atoms with Gasteiger partial charge in [-0.3, -0.25) is 4.90 Å². The lowest BCUT2D eigenvalue weighted by Crippen LogP contribution is -2.40. The van der Waals surface area contributed by atoms with Crippen LogP contribution in [0.5, 0.6) is 0 Å². The number of methoxy groups -OCH3 is 1. The molecule has 3 heteroatoms. The van der Waals surface area contributed by atoms with Crippen molar-refractivity contribution in [1.29, 1.82) is 5.26 Å². The number of allylic oxidation sites excluding steroid dienone is 1. The number of hydrogen-bond acceptors (Lipinski definition) is 3. The maximum absolute atomic E-state index is 9.80. The van der Waals surface area contributed by atoms with E-state index >= 15 is 0 Å². The van der Waals surface area contributed by atoms with Crippen molar-refractivity contribution in [1.82, 2.24) is 4.90 Å². The van der Waals surface area contributed by atoms with E-state index in [9.17, 15) is 5.26 Å². The molecule has 1 saturated carbocycles. The molecular formula is C20H28N2O. The maximum atomic E-state index is 9.80. The lowest BCUT2D eigenvalue weighted by Gasteiger charge is -2.37. The Hall–Kier alpha value is -1.79. The average molecular weight is 312 g/mol. The Morgan fingerprint density at radius 2 is 2.00 bits per heavy atom. The van der Waals surface area contributed by atoms with Gasteiger partial charge in [0.1, 0.15) is 6.04 Å². The molecule has 3 nitrogen and oxygen atoms in total. The Balaban J connectivity index is 2.07. The predicted molar refractivity (Wildman–Crippen MR) is 93.8 cm³/mol. The normalized spacial score (nSPS) is 17.3. The fourth-order valence-corrected chi connectivity index (χ4v) is 3.47. The monoisotopic (exact) mass is 312 g/mol. The van der Waals surface area contributed by atoms with E-state index in [0.29, 0.717) is 6.04 Å². The molecule has 0 heterocycles. The molecule has 1 atom stereocenters. The average Bonchev–Trinajstić information content (AvgIpc) is 2.62. The molecular weight excluding hydrogens is 284 g/mol. The van der Waals surface area contributed by atoms with E-state index in [4.69, 9.17) is 4.74 Å². The van der Waals surface area contributed by atoms with Gasteiger partial charge in [-0.15, -0.1) is 0 Å². The Morgan fingerprint density at radius 3 is 2.65 bits per heavy atom. The van der Waals surface area contributed by atoms with Crippen LogP contribution in [0.4, 0.5) is 0 Å². The molecule has 1 aliphatic rings. The zero-order valence-electron chi connectivity index (χ0n) is 14.2. The van der Waals surface area contributed by atoms with Gasteiger partial charge in [-0.2, -0.15) is 5.26 Å². The van der Waals surface area contributed by atoms with Crippen LogP contribution in [0, 0.1) is 11.3 Å². The predicted octanol–water partition coefficient (Wildman–Crippen LogP) is 4.83. The highest BCUT2D eigenvalue weighted by Gasteiger charge is 2.28. The highest BCUT2D eigenvalue weighted by molar-refractivity contribution is 5.24. The van der Waals surface area contributed by atoms with Gasteiger partial charge < -0.3 is 4.74 Å². The summed E-state index contributed by atoms with van der Waals surface area (Å²) in [6, 6.07) is 13.2. The lowest BCUT2D eigenvalue weighted by molar-refractivity contribution is 0.127. The minimum atomic E-state index is -0.134. The van der Waals surface area contributed by atoms with Crippen LogP contribution in [0.25, 0.3) is 0 Å². The summed E-state index contributed by atoms with van der Waals surface area (Å²) in [4.78, 5) is 2.44. The molecule has 0 amide bonds. The summed E-state index contributed by atoms with van der Waals surface area (Å²) in [5.74, 6) is 0. The second-order valence-electron chi connectivity index (χ2n) is 6.22.